The molecular formula is C19H22FN3O2. The molecule has 2 amide bonds. The quantitative estimate of drug-likeness (QED) is 0.715. The third kappa shape index (κ3) is 6.25. The third-order valence-electron chi connectivity index (χ3n) is 3.36. The minimum Gasteiger partial charge on any atom is -0.376 e. The maximum absolute atomic E-state index is 13.5. The first-order valence-electron chi connectivity index (χ1n) is 8.12. The van der Waals surface area contributed by atoms with Crippen LogP contribution in [0.4, 0.5) is 21.5 Å². The molecule has 2 rings (SSSR count). The van der Waals surface area contributed by atoms with Gasteiger partial charge in [-0.05, 0) is 42.3 Å². The van der Waals surface area contributed by atoms with Crippen molar-refractivity contribution in [2.45, 2.75) is 20.3 Å². The first-order chi connectivity index (χ1) is 11.9. The van der Waals surface area contributed by atoms with Crippen molar-refractivity contribution in [3.63, 3.8) is 0 Å². The van der Waals surface area contributed by atoms with Crippen LogP contribution in [0.5, 0.6) is 0 Å². The van der Waals surface area contributed by atoms with Gasteiger partial charge in [0.2, 0.25) is 11.8 Å². The van der Waals surface area contributed by atoms with Crippen molar-refractivity contribution in [2.75, 3.05) is 22.5 Å². The van der Waals surface area contributed by atoms with Gasteiger partial charge in [-0.2, -0.15) is 0 Å². The summed E-state index contributed by atoms with van der Waals surface area (Å²) in [6, 6.07) is 13.0. The number of carbonyl (C=O) groups excluding carboxylic acids is 2. The fourth-order valence-electron chi connectivity index (χ4n) is 2.19. The van der Waals surface area contributed by atoms with Gasteiger partial charge >= 0.3 is 0 Å². The van der Waals surface area contributed by atoms with Crippen molar-refractivity contribution in [1.29, 1.82) is 0 Å². The van der Waals surface area contributed by atoms with Crippen molar-refractivity contribution in [3.8, 4) is 0 Å². The van der Waals surface area contributed by atoms with Crippen LogP contribution in [0.15, 0.2) is 48.5 Å². The predicted octanol–water partition coefficient (Wildman–Crippen LogP) is 3.86. The number of hydrogen-bond donors (Lipinski definition) is 3. The van der Waals surface area contributed by atoms with Gasteiger partial charge in [-0.25, -0.2) is 4.39 Å². The molecule has 25 heavy (non-hydrogen) atoms. The maximum atomic E-state index is 13.5. The van der Waals surface area contributed by atoms with Gasteiger partial charge in [-0.1, -0.05) is 26.0 Å². The van der Waals surface area contributed by atoms with Crippen molar-refractivity contribution in [2.24, 2.45) is 5.92 Å². The molecule has 0 aliphatic heterocycles. The van der Waals surface area contributed by atoms with E-state index in [2.05, 4.69) is 16.0 Å². The summed E-state index contributed by atoms with van der Waals surface area (Å²) in [4.78, 5) is 23.6. The minimum atomic E-state index is -0.475. The number of nitrogens with one attached hydrogen (secondary N) is 3. The Morgan fingerprint density at radius 1 is 0.920 bits per heavy atom. The van der Waals surface area contributed by atoms with Gasteiger partial charge in [0.15, 0.2) is 0 Å². The van der Waals surface area contributed by atoms with E-state index in [9.17, 15) is 14.0 Å². The third-order valence-corrected chi connectivity index (χ3v) is 3.36. The van der Waals surface area contributed by atoms with Gasteiger partial charge in [-0.15, -0.1) is 0 Å². The lowest BCUT2D eigenvalue weighted by molar-refractivity contribution is -0.117. The molecular weight excluding hydrogens is 321 g/mol. The number of amides is 2. The molecule has 0 aromatic heterocycles. The Morgan fingerprint density at radius 3 is 2.20 bits per heavy atom. The van der Waals surface area contributed by atoms with Crippen LogP contribution in [0.25, 0.3) is 0 Å². The summed E-state index contributed by atoms with van der Waals surface area (Å²) >= 11 is 0. The molecule has 0 fully saturated rings. The topological polar surface area (TPSA) is 70.2 Å². The summed E-state index contributed by atoms with van der Waals surface area (Å²) in [7, 11) is 0. The van der Waals surface area contributed by atoms with E-state index >= 15 is 0 Å². The fraction of sp³-hybridized carbons (Fsp3) is 0.263. The smallest absolute Gasteiger partial charge is 0.243 e. The van der Waals surface area contributed by atoms with Gasteiger partial charge in [0.25, 0.3) is 0 Å². The fourth-order valence-corrected chi connectivity index (χ4v) is 2.19. The van der Waals surface area contributed by atoms with E-state index in [0.717, 1.165) is 5.69 Å². The molecule has 0 radical (unpaired) electrons. The lowest BCUT2D eigenvalue weighted by Gasteiger charge is -2.10. The van der Waals surface area contributed by atoms with E-state index in [0.29, 0.717) is 18.0 Å². The average Bonchev–Trinajstić information content (AvgIpc) is 2.55. The highest BCUT2D eigenvalue weighted by Crippen LogP contribution is 2.15. The molecule has 2 aromatic rings. The van der Waals surface area contributed by atoms with Crippen molar-refractivity contribution in [1.82, 2.24) is 0 Å². The number of carbonyl (C=O) groups is 2. The second-order valence-corrected chi connectivity index (χ2v) is 6.11. The normalized spacial score (nSPS) is 10.4. The molecule has 0 heterocycles. The van der Waals surface area contributed by atoms with Crippen LogP contribution < -0.4 is 16.0 Å². The number of anilines is 3. The van der Waals surface area contributed by atoms with Crippen molar-refractivity contribution < 1.29 is 14.0 Å². The van der Waals surface area contributed by atoms with Crippen molar-refractivity contribution in [3.05, 3.63) is 54.3 Å². The van der Waals surface area contributed by atoms with Crippen molar-refractivity contribution >= 4 is 28.9 Å². The summed E-state index contributed by atoms with van der Waals surface area (Å²) in [6.07, 6.45) is 0.468. The number of hydrogen-bond acceptors (Lipinski definition) is 3. The van der Waals surface area contributed by atoms with Crippen LogP contribution in [0.1, 0.15) is 20.3 Å². The molecule has 2 aromatic carbocycles. The number of halogens is 1. The molecule has 3 N–H and O–H groups in total. The van der Waals surface area contributed by atoms with Crippen LogP contribution in [-0.4, -0.2) is 18.4 Å². The predicted molar refractivity (Wildman–Crippen MR) is 98.0 cm³/mol. The zero-order chi connectivity index (χ0) is 18.2. The van der Waals surface area contributed by atoms with E-state index in [-0.39, 0.29) is 24.0 Å². The Balaban J connectivity index is 1.82. The monoisotopic (exact) mass is 343 g/mol. The van der Waals surface area contributed by atoms with E-state index in [1.807, 2.05) is 13.8 Å². The first-order valence-corrected chi connectivity index (χ1v) is 8.12. The molecule has 0 unspecified atom stereocenters. The largest absolute Gasteiger partial charge is 0.376 e. The lowest BCUT2D eigenvalue weighted by atomic mass is 10.1. The standard InChI is InChI=1S/C19H22FN3O2/c1-13(2)11-18(24)22-15-9-7-14(8-10-15)21-12-19(25)23-17-6-4-3-5-16(17)20/h3-10,13,21H,11-12H2,1-2H3,(H,22,24)(H,23,25). The molecule has 0 saturated carbocycles. The highest BCUT2D eigenvalue weighted by atomic mass is 19.1. The highest BCUT2D eigenvalue weighted by Gasteiger charge is 2.07. The molecule has 5 nitrogen and oxygen atoms in total. The van der Waals surface area contributed by atoms with Crippen LogP contribution in [0, 0.1) is 11.7 Å². The maximum Gasteiger partial charge on any atom is 0.243 e. The Bertz CT molecular complexity index is 730. The van der Waals surface area contributed by atoms with Crippen LogP contribution in [0.2, 0.25) is 0 Å². The zero-order valence-corrected chi connectivity index (χ0v) is 14.3. The zero-order valence-electron chi connectivity index (χ0n) is 14.3. The average molecular weight is 343 g/mol. The lowest BCUT2D eigenvalue weighted by Crippen LogP contribution is -2.22. The molecule has 6 heteroatoms. The molecule has 0 aliphatic carbocycles. The summed E-state index contributed by atoms with van der Waals surface area (Å²) in [6.45, 7) is 3.98. The summed E-state index contributed by atoms with van der Waals surface area (Å²) in [5.41, 5.74) is 1.58. The van der Waals surface area contributed by atoms with Crippen LogP contribution in [-0.2, 0) is 9.59 Å². The Kier molecular flexibility index (Phi) is 6.51. The van der Waals surface area contributed by atoms with E-state index < -0.39 is 5.82 Å². The second-order valence-electron chi connectivity index (χ2n) is 6.11. The van der Waals surface area contributed by atoms with Crippen LogP contribution in [0.3, 0.4) is 0 Å². The number of rotatable bonds is 7. The van der Waals surface area contributed by atoms with Crippen LogP contribution >= 0.6 is 0 Å². The molecule has 0 spiro atoms. The first kappa shape index (κ1) is 18.4. The van der Waals surface area contributed by atoms with Gasteiger partial charge in [0.05, 0.1) is 12.2 Å². The number of para-hydroxylation sites is 1. The minimum absolute atomic E-state index is 0.00733. The van der Waals surface area contributed by atoms with Gasteiger partial charge < -0.3 is 16.0 Å². The van der Waals surface area contributed by atoms with E-state index in [4.69, 9.17) is 0 Å². The SMILES string of the molecule is CC(C)CC(=O)Nc1ccc(NCC(=O)Nc2ccccc2F)cc1. The second kappa shape index (κ2) is 8.82. The molecule has 0 saturated heterocycles. The summed E-state index contributed by atoms with van der Waals surface area (Å²) in [5, 5.41) is 8.27. The summed E-state index contributed by atoms with van der Waals surface area (Å²) in [5.74, 6) is -0.550. The Morgan fingerprint density at radius 2 is 1.56 bits per heavy atom. The van der Waals surface area contributed by atoms with Gasteiger partial charge in [0, 0.05) is 17.8 Å². The Labute approximate surface area is 146 Å². The molecule has 0 atom stereocenters. The molecule has 0 aliphatic rings. The van der Waals surface area contributed by atoms with E-state index in [1.54, 1.807) is 36.4 Å². The van der Waals surface area contributed by atoms with Gasteiger partial charge in [0.1, 0.15) is 5.82 Å². The number of benzene rings is 2. The van der Waals surface area contributed by atoms with Gasteiger partial charge in [-0.3, -0.25) is 9.59 Å². The highest BCUT2D eigenvalue weighted by molar-refractivity contribution is 5.94. The van der Waals surface area contributed by atoms with E-state index in [1.165, 1.54) is 12.1 Å². The molecule has 0 bridgehead atoms. The Hall–Kier alpha value is -2.89. The molecule has 132 valence electrons. The summed E-state index contributed by atoms with van der Waals surface area (Å²) < 4.78 is 13.5.